The summed E-state index contributed by atoms with van der Waals surface area (Å²) in [5.74, 6) is 0.0575. The van der Waals surface area contributed by atoms with Crippen molar-refractivity contribution < 1.29 is 19.7 Å². The molecule has 4 rings (SSSR count). The van der Waals surface area contributed by atoms with Crippen molar-refractivity contribution in [2.45, 2.75) is 0 Å². The zero-order valence-corrected chi connectivity index (χ0v) is 14.6. The number of benzene rings is 4. The fourth-order valence-corrected chi connectivity index (χ4v) is 3.29. The van der Waals surface area contributed by atoms with Crippen LogP contribution < -0.4 is 10.1 Å². The molecule has 3 N–H and O–H groups in total. The Morgan fingerprint density at radius 2 is 1.41 bits per heavy atom. The highest BCUT2D eigenvalue weighted by Gasteiger charge is 2.20. The van der Waals surface area contributed by atoms with Gasteiger partial charge in [0, 0.05) is 16.3 Å². The molecule has 0 heterocycles. The maximum absolute atomic E-state index is 12.6. The molecule has 5 heteroatoms. The Kier molecular flexibility index (Phi) is 4.05. The van der Waals surface area contributed by atoms with Gasteiger partial charge in [-0.2, -0.15) is 0 Å². The van der Waals surface area contributed by atoms with Crippen molar-refractivity contribution in [3.05, 3.63) is 72.3 Å². The summed E-state index contributed by atoms with van der Waals surface area (Å²) in [5, 5.41) is 26.2. The van der Waals surface area contributed by atoms with Crippen molar-refractivity contribution in [3.8, 4) is 17.2 Å². The molecular weight excluding hydrogens is 342 g/mol. The summed E-state index contributed by atoms with van der Waals surface area (Å²) in [4.78, 5) is 12.6. The summed E-state index contributed by atoms with van der Waals surface area (Å²) in [5.41, 5.74) is 0.879. The second-order valence-electron chi connectivity index (χ2n) is 6.13. The zero-order chi connectivity index (χ0) is 19.0. The van der Waals surface area contributed by atoms with Crippen molar-refractivity contribution in [2.24, 2.45) is 0 Å². The van der Waals surface area contributed by atoms with Crippen molar-refractivity contribution in [1.29, 1.82) is 0 Å². The molecule has 4 aromatic carbocycles. The number of nitrogens with one attached hydrogen (secondary N) is 1. The number of amides is 1. The first-order valence-corrected chi connectivity index (χ1v) is 8.41. The van der Waals surface area contributed by atoms with E-state index in [0.29, 0.717) is 38.5 Å². The first-order chi connectivity index (χ1) is 13.1. The highest BCUT2D eigenvalue weighted by Crippen LogP contribution is 2.48. The molecule has 27 heavy (non-hydrogen) atoms. The Bertz CT molecular complexity index is 1170. The third-order valence-electron chi connectivity index (χ3n) is 4.58. The highest BCUT2D eigenvalue weighted by atomic mass is 16.5. The number of ether oxygens (including phenoxy) is 1. The minimum absolute atomic E-state index is 0.00828. The number of aromatic hydroxyl groups is 2. The average Bonchev–Trinajstić information content (AvgIpc) is 2.72. The number of phenols is 2. The van der Waals surface area contributed by atoms with Crippen LogP contribution in [0.3, 0.4) is 0 Å². The molecule has 0 atom stereocenters. The average molecular weight is 359 g/mol. The quantitative estimate of drug-likeness (QED) is 0.367. The topological polar surface area (TPSA) is 78.8 Å². The number of phenolic OH excluding ortho intramolecular Hbond substituents is 2. The predicted molar refractivity (Wildman–Crippen MR) is 106 cm³/mol. The van der Waals surface area contributed by atoms with Crippen LogP contribution in [0.25, 0.3) is 21.5 Å². The van der Waals surface area contributed by atoms with Gasteiger partial charge in [-0.1, -0.05) is 42.5 Å². The molecule has 0 radical (unpaired) electrons. The van der Waals surface area contributed by atoms with Crippen LogP contribution in [0.2, 0.25) is 0 Å². The summed E-state index contributed by atoms with van der Waals surface area (Å²) in [6, 6.07) is 19.1. The number of carbonyl (C=O) groups excluding carboxylic acids is 1. The van der Waals surface area contributed by atoms with E-state index in [0.717, 1.165) is 0 Å². The van der Waals surface area contributed by atoms with Crippen LogP contribution in [-0.2, 0) is 0 Å². The molecule has 1 amide bonds. The molecule has 0 aliphatic heterocycles. The Morgan fingerprint density at radius 3 is 2.04 bits per heavy atom. The molecule has 0 saturated carbocycles. The summed E-state index contributed by atoms with van der Waals surface area (Å²) in [7, 11) is 1.49. The number of methoxy groups -OCH3 is 1. The lowest BCUT2D eigenvalue weighted by Gasteiger charge is -2.16. The van der Waals surface area contributed by atoms with Gasteiger partial charge in [0.1, 0.15) is 17.2 Å². The second-order valence-corrected chi connectivity index (χ2v) is 6.13. The van der Waals surface area contributed by atoms with Gasteiger partial charge in [0.2, 0.25) is 0 Å². The molecule has 0 bridgehead atoms. The Hall–Kier alpha value is -3.73. The van der Waals surface area contributed by atoms with Gasteiger partial charge < -0.3 is 20.3 Å². The van der Waals surface area contributed by atoms with Crippen LogP contribution in [0.15, 0.2) is 66.7 Å². The van der Waals surface area contributed by atoms with Gasteiger partial charge in [0.25, 0.3) is 5.91 Å². The second kappa shape index (κ2) is 6.53. The SMILES string of the molecule is COc1ccc(NC(=O)c2ccccc2)c2c(O)c3ccccc3c(O)c12. The van der Waals surface area contributed by atoms with E-state index in [1.807, 2.05) is 6.07 Å². The molecule has 0 fully saturated rings. The molecule has 0 aromatic heterocycles. The lowest BCUT2D eigenvalue weighted by atomic mass is 9.98. The summed E-state index contributed by atoms with van der Waals surface area (Å²) < 4.78 is 5.37. The van der Waals surface area contributed by atoms with Crippen LogP contribution in [0.4, 0.5) is 5.69 Å². The molecule has 134 valence electrons. The summed E-state index contributed by atoms with van der Waals surface area (Å²) in [6.45, 7) is 0. The minimum Gasteiger partial charge on any atom is -0.507 e. The first-order valence-electron chi connectivity index (χ1n) is 8.41. The van der Waals surface area contributed by atoms with E-state index >= 15 is 0 Å². The smallest absolute Gasteiger partial charge is 0.255 e. The number of anilines is 1. The third-order valence-corrected chi connectivity index (χ3v) is 4.58. The van der Waals surface area contributed by atoms with Crippen molar-refractivity contribution in [3.63, 3.8) is 0 Å². The van der Waals surface area contributed by atoms with E-state index in [4.69, 9.17) is 4.74 Å². The van der Waals surface area contributed by atoms with Crippen molar-refractivity contribution in [1.82, 2.24) is 0 Å². The predicted octanol–water partition coefficient (Wildman–Crippen LogP) is 4.67. The Morgan fingerprint density at radius 1 is 0.815 bits per heavy atom. The minimum atomic E-state index is -0.311. The van der Waals surface area contributed by atoms with Crippen LogP contribution in [0, 0.1) is 0 Å². The lowest BCUT2D eigenvalue weighted by Crippen LogP contribution is -2.12. The molecule has 0 aliphatic rings. The fraction of sp³-hybridized carbons (Fsp3) is 0.0455. The summed E-state index contributed by atoms with van der Waals surface area (Å²) in [6.07, 6.45) is 0. The standard InChI is InChI=1S/C22H17NO4/c1-27-17-12-11-16(23-22(26)13-7-3-2-4-8-13)18-19(17)21(25)15-10-6-5-9-14(15)20(18)24/h2-12,24-25H,1H3,(H,23,26). The zero-order valence-electron chi connectivity index (χ0n) is 14.6. The van der Waals surface area contributed by atoms with E-state index in [2.05, 4.69) is 5.32 Å². The van der Waals surface area contributed by atoms with Crippen LogP contribution >= 0.6 is 0 Å². The van der Waals surface area contributed by atoms with Crippen LogP contribution in [0.1, 0.15) is 10.4 Å². The van der Waals surface area contributed by atoms with Crippen molar-refractivity contribution in [2.75, 3.05) is 12.4 Å². The number of rotatable bonds is 3. The van der Waals surface area contributed by atoms with E-state index in [1.165, 1.54) is 7.11 Å². The molecule has 5 nitrogen and oxygen atoms in total. The number of fused-ring (bicyclic) bond motifs is 2. The number of carbonyl (C=O) groups is 1. The van der Waals surface area contributed by atoms with Gasteiger partial charge >= 0.3 is 0 Å². The maximum atomic E-state index is 12.6. The van der Waals surface area contributed by atoms with Crippen LogP contribution in [0.5, 0.6) is 17.2 Å². The normalized spacial score (nSPS) is 10.9. The van der Waals surface area contributed by atoms with Crippen LogP contribution in [-0.4, -0.2) is 23.2 Å². The van der Waals surface area contributed by atoms with Gasteiger partial charge in [-0.25, -0.2) is 0 Å². The van der Waals surface area contributed by atoms with E-state index in [1.54, 1.807) is 60.7 Å². The molecule has 0 saturated heterocycles. The van der Waals surface area contributed by atoms with E-state index in [9.17, 15) is 15.0 Å². The first kappa shape index (κ1) is 16.7. The fourth-order valence-electron chi connectivity index (χ4n) is 3.29. The van der Waals surface area contributed by atoms with Gasteiger partial charge in [-0.15, -0.1) is 0 Å². The van der Waals surface area contributed by atoms with Gasteiger partial charge in [0.15, 0.2) is 0 Å². The number of hydrogen-bond acceptors (Lipinski definition) is 4. The van der Waals surface area contributed by atoms with Crippen molar-refractivity contribution >= 4 is 33.1 Å². The molecule has 4 aromatic rings. The highest BCUT2D eigenvalue weighted by molar-refractivity contribution is 6.19. The van der Waals surface area contributed by atoms with Gasteiger partial charge in [-0.3, -0.25) is 4.79 Å². The molecular formula is C22H17NO4. The molecule has 0 unspecified atom stereocenters. The lowest BCUT2D eigenvalue weighted by molar-refractivity contribution is 0.102. The summed E-state index contributed by atoms with van der Waals surface area (Å²) >= 11 is 0. The monoisotopic (exact) mass is 359 g/mol. The largest absolute Gasteiger partial charge is 0.507 e. The molecule has 0 aliphatic carbocycles. The Labute approximate surface area is 155 Å². The van der Waals surface area contributed by atoms with E-state index in [-0.39, 0.29) is 17.4 Å². The third kappa shape index (κ3) is 2.69. The van der Waals surface area contributed by atoms with Gasteiger partial charge in [-0.05, 0) is 24.3 Å². The maximum Gasteiger partial charge on any atom is 0.255 e. The van der Waals surface area contributed by atoms with Gasteiger partial charge in [0.05, 0.1) is 23.6 Å². The van der Waals surface area contributed by atoms with E-state index < -0.39 is 0 Å². The molecule has 0 spiro atoms. The Balaban J connectivity index is 1.98. The number of hydrogen-bond donors (Lipinski definition) is 3.